The van der Waals surface area contributed by atoms with Crippen molar-refractivity contribution in [2.75, 3.05) is 11.9 Å². The normalized spacial score (nSPS) is 17.2. The summed E-state index contributed by atoms with van der Waals surface area (Å²) in [7, 11) is 0. The van der Waals surface area contributed by atoms with Gasteiger partial charge in [-0.25, -0.2) is 0 Å². The first kappa shape index (κ1) is 34.0. The summed E-state index contributed by atoms with van der Waals surface area (Å²) in [5, 5.41) is 2.31. The summed E-state index contributed by atoms with van der Waals surface area (Å²) in [5.74, 6) is -0.737. The van der Waals surface area contributed by atoms with Gasteiger partial charge in [0.15, 0.2) is 0 Å². The number of carbonyl (C=O) groups excluding carboxylic acids is 1. The van der Waals surface area contributed by atoms with E-state index in [0.717, 1.165) is 30.7 Å². The molecule has 5 rings (SSSR count). The van der Waals surface area contributed by atoms with Crippen LogP contribution in [0.1, 0.15) is 53.9 Å². The molecule has 0 saturated heterocycles. The molecule has 0 radical (unpaired) electrons. The number of rotatable bonds is 11. The quantitative estimate of drug-likeness (QED) is 0.170. The Morgan fingerprint density at radius 3 is 1.49 bits per heavy atom. The van der Waals surface area contributed by atoms with Crippen LogP contribution in [0.5, 0.6) is 0 Å². The Bertz CT molecular complexity index is 1510. The summed E-state index contributed by atoms with van der Waals surface area (Å²) in [6.45, 7) is 0.975. The fraction of sp³-hybridized carbons (Fsp3) is 0.353. The zero-order chi connectivity index (χ0) is 33.4. The number of halogens is 6. The van der Waals surface area contributed by atoms with Crippen LogP contribution in [0.4, 0.5) is 32.0 Å². The van der Waals surface area contributed by atoms with Gasteiger partial charge in [-0.1, -0.05) is 31.0 Å². The van der Waals surface area contributed by atoms with Crippen molar-refractivity contribution in [1.82, 2.24) is 24.8 Å². The second-order valence-electron chi connectivity index (χ2n) is 11.5. The van der Waals surface area contributed by atoms with Gasteiger partial charge in [-0.05, 0) is 67.4 Å². The topological polar surface area (TPSA) is 74.2 Å². The second-order valence-corrected chi connectivity index (χ2v) is 11.5. The predicted molar refractivity (Wildman–Crippen MR) is 163 cm³/mol. The average Bonchev–Trinajstić information content (AvgIpc) is 3.05. The lowest BCUT2D eigenvalue weighted by molar-refractivity contribution is -0.143. The highest BCUT2D eigenvalue weighted by atomic mass is 19.4. The van der Waals surface area contributed by atoms with Crippen molar-refractivity contribution in [3.05, 3.63) is 120 Å². The smallest absolute Gasteiger partial charge is 0.325 e. The second kappa shape index (κ2) is 15.0. The first-order chi connectivity index (χ1) is 22.5. The van der Waals surface area contributed by atoms with Crippen molar-refractivity contribution in [2.45, 2.75) is 69.8 Å². The molecular formula is C34H34F6N6O. The van der Waals surface area contributed by atoms with Gasteiger partial charge in [0.25, 0.3) is 0 Å². The van der Waals surface area contributed by atoms with E-state index in [2.05, 4.69) is 25.2 Å². The number of aromatic nitrogens is 3. The van der Waals surface area contributed by atoms with Crippen molar-refractivity contribution in [1.29, 1.82) is 0 Å². The third-order valence-electron chi connectivity index (χ3n) is 8.12. The lowest BCUT2D eigenvalue weighted by Gasteiger charge is -2.45. The van der Waals surface area contributed by atoms with Crippen LogP contribution in [0.25, 0.3) is 0 Å². The standard InChI is InChI=1S/C34H34F6N6O/c35-33(36,37)24-17-25(34(38,39)40)19-29(18-24)44-32(47)23-46(22-28-11-5-8-16-43-28)31-13-2-1-12-30(31)45(20-26-9-3-6-14-41-26)21-27-10-4-7-15-42-27/h3-11,14-19,30-31H,1-2,12-13,20-23H2,(H,44,47). The van der Waals surface area contributed by atoms with Gasteiger partial charge in [0, 0.05) is 56.0 Å². The molecule has 2 unspecified atom stereocenters. The lowest BCUT2D eigenvalue weighted by atomic mass is 9.87. The van der Waals surface area contributed by atoms with Crippen molar-refractivity contribution in [3.8, 4) is 0 Å². The Kier molecular flexibility index (Phi) is 10.9. The van der Waals surface area contributed by atoms with Crippen LogP contribution in [0.3, 0.4) is 0 Å². The molecule has 1 amide bonds. The molecule has 4 aromatic rings. The van der Waals surface area contributed by atoms with Gasteiger partial charge in [-0.2, -0.15) is 26.3 Å². The van der Waals surface area contributed by atoms with Crippen molar-refractivity contribution >= 4 is 11.6 Å². The number of anilines is 1. The van der Waals surface area contributed by atoms with E-state index < -0.39 is 35.1 Å². The molecular weight excluding hydrogens is 622 g/mol. The Labute approximate surface area is 268 Å². The van der Waals surface area contributed by atoms with Crippen LogP contribution in [-0.4, -0.2) is 49.3 Å². The summed E-state index contributed by atoms with van der Waals surface area (Å²) in [5.41, 5.74) is -1.20. The SMILES string of the molecule is O=C(CN(Cc1ccccn1)C1CCCCC1N(Cc1ccccn1)Cc1ccccn1)Nc1cc(C(F)(F)F)cc(C(F)(F)F)c1. The summed E-state index contributed by atoms with van der Waals surface area (Å²) in [6, 6.07) is 17.6. The molecule has 1 aliphatic carbocycles. The lowest BCUT2D eigenvalue weighted by Crippen LogP contribution is -2.54. The fourth-order valence-electron chi connectivity index (χ4n) is 6.04. The molecule has 13 heteroatoms. The number of alkyl halides is 6. The number of hydrogen-bond acceptors (Lipinski definition) is 6. The molecule has 248 valence electrons. The molecule has 2 atom stereocenters. The van der Waals surface area contributed by atoms with Crippen LogP contribution in [0.2, 0.25) is 0 Å². The molecule has 0 spiro atoms. The zero-order valence-corrected chi connectivity index (χ0v) is 25.4. The number of hydrogen-bond donors (Lipinski definition) is 1. The van der Waals surface area contributed by atoms with Crippen molar-refractivity contribution < 1.29 is 31.1 Å². The summed E-state index contributed by atoms with van der Waals surface area (Å²) in [4.78, 5) is 31.1. The molecule has 1 N–H and O–H groups in total. The van der Waals surface area contributed by atoms with Crippen molar-refractivity contribution in [2.24, 2.45) is 0 Å². The number of nitrogens with zero attached hydrogens (tertiary/aromatic N) is 5. The summed E-state index contributed by atoms with van der Waals surface area (Å²) < 4.78 is 80.9. The van der Waals surface area contributed by atoms with E-state index in [1.807, 2.05) is 53.4 Å². The Balaban J connectivity index is 1.45. The van der Waals surface area contributed by atoms with Gasteiger partial charge in [0.2, 0.25) is 5.91 Å². The van der Waals surface area contributed by atoms with Gasteiger partial charge in [-0.15, -0.1) is 0 Å². The van der Waals surface area contributed by atoms with Crippen LogP contribution >= 0.6 is 0 Å². The van der Waals surface area contributed by atoms with Crippen LogP contribution in [0, 0.1) is 0 Å². The molecule has 1 fully saturated rings. The van der Waals surface area contributed by atoms with Crippen LogP contribution < -0.4 is 5.32 Å². The molecule has 7 nitrogen and oxygen atoms in total. The number of benzene rings is 1. The van der Waals surface area contributed by atoms with Gasteiger partial charge in [0.1, 0.15) is 0 Å². The maximum atomic E-state index is 13.5. The number of pyridine rings is 3. The van der Waals surface area contributed by atoms with E-state index >= 15 is 0 Å². The average molecular weight is 657 g/mol. The van der Waals surface area contributed by atoms with E-state index in [9.17, 15) is 31.1 Å². The number of carbonyl (C=O) groups is 1. The molecule has 47 heavy (non-hydrogen) atoms. The largest absolute Gasteiger partial charge is 0.416 e. The molecule has 0 aliphatic heterocycles. The Hall–Kier alpha value is -4.36. The minimum Gasteiger partial charge on any atom is -0.325 e. The highest BCUT2D eigenvalue weighted by Crippen LogP contribution is 2.38. The first-order valence-corrected chi connectivity index (χ1v) is 15.2. The van der Waals surface area contributed by atoms with E-state index in [0.29, 0.717) is 37.3 Å². The van der Waals surface area contributed by atoms with E-state index in [-0.39, 0.29) is 31.2 Å². The van der Waals surface area contributed by atoms with Crippen LogP contribution in [0.15, 0.2) is 91.4 Å². The molecule has 1 aliphatic rings. The number of amides is 1. The van der Waals surface area contributed by atoms with E-state index in [4.69, 9.17) is 0 Å². The highest BCUT2D eigenvalue weighted by molar-refractivity contribution is 5.92. The van der Waals surface area contributed by atoms with Gasteiger partial charge < -0.3 is 5.32 Å². The molecule has 3 heterocycles. The highest BCUT2D eigenvalue weighted by Gasteiger charge is 2.38. The predicted octanol–water partition coefficient (Wildman–Crippen LogP) is 7.36. The fourth-order valence-corrected chi connectivity index (χ4v) is 6.04. The summed E-state index contributed by atoms with van der Waals surface area (Å²) in [6.07, 6.45) is -1.66. The molecule has 3 aromatic heterocycles. The van der Waals surface area contributed by atoms with Gasteiger partial charge >= 0.3 is 12.4 Å². The number of nitrogens with one attached hydrogen (secondary N) is 1. The molecule has 1 saturated carbocycles. The maximum Gasteiger partial charge on any atom is 0.416 e. The van der Waals surface area contributed by atoms with Gasteiger partial charge in [0.05, 0.1) is 34.8 Å². The molecule has 1 aromatic carbocycles. The third-order valence-corrected chi connectivity index (χ3v) is 8.12. The summed E-state index contributed by atoms with van der Waals surface area (Å²) >= 11 is 0. The minimum absolute atomic E-state index is 0.0351. The minimum atomic E-state index is -5.04. The van der Waals surface area contributed by atoms with Gasteiger partial charge in [-0.3, -0.25) is 29.5 Å². The van der Waals surface area contributed by atoms with Crippen LogP contribution in [-0.2, 0) is 36.8 Å². The monoisotopic (exact) mass is 656 g/mol. The maximum absolute atomic E-state index is 13.5. The third kappa shape index (κ3) is 9.58. The first-order valence-electron chi connectivity index (χ1n) is 15.2. The van der Waals surface area contributed by atoms with Crippen molar-refractivity contribution in [3.63, 3.8) is 0 Å². The van der Waals surface area contributed by atoms with E-state index in [1.165, 1.54) is 0 Å². The molecule has 0 bridgehead atoms. The Morgan fingerprint density at radius 2 is 1.09 bits per heavy atom. The Morgan fingerprint density at radius 1 is 0.660 bits per heavy atom. The van der Waals surface area contributed by atoms with E-state index in [1.54, 1.807) is 24.7 Å². The zero-order valence-electron chi connectivity index (χ0n) is 25.4.